The van der Waals surface area contributed by atoms with E-state index >= 15 is 0 Å². The number of aryl methyl sites for hydroxylation is 1. The SMILES string of the molecule is Cc1ccc(-n2c(SCC(=O)Nc3ccccc3F)nc3c(=O)[nH]cnc32)cc1. The Kier molecular flexibility index (Phi) is 5.13. The average Bonchev–Trinajstić information content (AvgIpc) is 3.09. The first-order chi connectivity index (χ1) is 14.0. The van der Waals surface area contributed by atoms with Gasteiger partial charge in [0.25, 0.3) is 5.56 Å². The molecule has 0 bridgehead atoms. The van der Waals surface area contributed by atoms with Gasteiger partial charge < -0.3 is 10.3 Å². The largest absolute Gasteiger partial charge is 0.323 e. The van der Waals surface area contributed by atoms with E-state index in [2.05, 4.69) is 20.3 Å². The van der Waals surface area contributed by atoms with Gasteiger partial charge in [-0.3, -0.25) is 14.2 Å². The topological polar surface area (TPSA) is 92.7 Å². The van der Waals surface area contributed by atoms with E-state index in [1.165, 1.54) is 18.5 Å². The lowest BCUT2D eigenvalue weighted by atomic mass is 10.2. The van der Waals surface area contributed by atoms with Crippen LogP contribution in [-0.4, -0.2) is 31.2 Å². The van der Waals surface area contributed by atoms with Gasteiger partial charge in [-0.05, 0) is 31.2 Å². The summed E-state index contributed by atoms with van der Waals surface area (Å²) in [5.74, 6) is -0.903. The number of anilines is 1. The van der Waals surface area contributed by atoms with Crippen molar-refractivity contribution in [2.24, 2.45) is 0 Å². The average molecular weight is 409 g/mol. The summed E-state index contributed by atoms with van der Waals surface area (Å²) in [5.41, 5.74) is 2.19. The Labute approximate surface area is 169 Å². The molecule has 2 aromatic heterocycles. The molecule has 0 atom stereocenters. The Bertz CT molecular complexity index is 1250. The summed E-state index contributed by atoms with van der Waals surface area (Å²) in [6, 6.07) is 13.6. The van der Waals surface area contributed by atoms with Crippen molar-refractivity contribution < 1.29 is 9.18 Å². The fourth-order valence-corrected chi connectivity index (χ4v) is 3.60. The highest BCUT2D eigenvalue weighted by Crippen LogP contribution is 2.26. The van der Waals surface area contributed by atoms with E-state index < -0.39 is 5.82 Å². The summed E-state index contributed by atoms with van der Waals surface area (Å²) >= 11 is 1.14. The Morgan fingerprint density at radius 3 is 2.72 bits per heavy atom. The van der Waals surface area contributed by atoms with E-state index in [0.29, 0.717) is 10.8 Å². The molecule has 0 fully saturated rings. The number of carbonyl (C=O) groups excluding carboxylic acids is 1. The van der Waals surface area contributed by atoms with Crippen LogP contribution in [0, 0.1) is 12.7 Å². The number of imidazole rings is 1. The Morgan fingerprint density at radius 1 is 1.21 bits per heavy atom. The van der Waals surface area contributed by atoms with Gasteiger partial charge >= 0.3 is 0 Å². The fourth-order valence-electron chi connectivity index (χ4n) is 2.79. The highest BCUT2D eigenvalue weighted by atomic mass is 32.2. The molecule has 0 aliphatic carbocycles. The number of nitrogens with zero attached hydrogens (tertiary/aromatic N) is 3. The maximum absolute atomic E-state index is 13.7. The van der Waals surface area contributed by atoms with Gasteiger partial charge in [0.15, 0.2) is 16.3 Å². The monoisotopic (exact) mass is 409 g/mol. The number of benzene rings is 2. The predicted molar refractivity (Wildman–Crippen MR) is 110 cm³/mol. The van der Waals surface area contributed by atoms with Gasteiger partial charge in [-0.15, -0.1) is 0 Å². The van der Waals surface area contributed by atoms with Crippen LogP contribution in [0.15, 0.2) is 64.8 Å². The van der Waals surface area contributed by atoms with Crippen molar-refractivity contribution in [1.82, 2.24) is 19.5 Å². The smallest absolute Gasteiger partial charge is 0.278 e. The molecule has 0 aliphatic rings. The molecule has 2 N–H and O–H groups in total. The summed E-state index contributed by atoms with van der Waals surface area (Å²) in [7, 11) is 0. The van der Waals surface area contributed by atoms with Crippen LogP contribution in [0.2, 0.25) is 0 Å². The van der Waals surface area contributed by atoms with Crippen LogP contribution in [0.3, 0.4) is 0 Å². The number of rotatable bonds is 5. The number of aromatic amines is 1. The third-order valence-electron chi connectivity index (χ3n) is 4.19. The number of hydrogen-bond donors (Lipinski definition) is 2. The van der Waals surface area contributed by atoms with Crippen LogP contribution in [0.4, 0.5) is 10.1 Å². The Morgan fingerprint density at radius 2 is 1.97 bits per heavy atom. The van der Waals surface area contributed by atoms with Crippen molar-refractivity contribution in [2.45, 2.75) is 12.1 Å². The van der Waals surface area contributed by atoms with Gasteiger partial charge in [0, 0.05) is 5.69 Å². The number of aromatic nitrogens is 4. The molecule has 146 valence electrons. The van der Waals surface area contributed by atoms with Crippen molar-refractivity contribution in [3.63, 3.8) is 0 Å². The van der Waals surface area contributed by atoms with Crippen LogP contribution >= 0.6 is 11.8 Å². The summed E-state index contributed by atoms with van der Waals surface area (Å²) < 4.78 is 15.5. The second-order valence-electron chi connectivity index (χ2n) is 6.29. The van der Waals surface area contributed by atoms with Gasteiger partial charge in [0.2, 0.25) is 5.91 Å². The normalized spacial score (nSPS) is 11.0. The molecule has 7 nitrogen and oxygen atoms in total. The van der Waals surface area contributed by atoms with Crippen molar-refractivity contribution in [3.05, 3.63) is 76.6 Å². The molecular formula is C20H16FN5O2S. The highest BCUT2D eigenvalue weighted by molar-refractivity contribution is 7.99. The molecule has 0 spiro atoms. The third kappa shape index (κ3) is 3.90. The van der Waals surface area contributed by atoms with Crippen molar-refractivity contribution in [3.8, 4) is 5.69 Å². The molecule has 0 aliphatic heterocycles. The number of fused-ring (bicyclic) bond motifs is 1. The standard InChI is InChI=1S/C20H16FN5O2S/c1-12-6-8-13(9-7-12)26-18-17(19(28)23-11-22-18)25-20(26)29-10-16(27)24-15-5-3-2-4-14(15)21/h2-9,11H,10H2,1H3,(H,24,27)(H,22,23,28). The van der Waals surface area contributed by atoms with Crippen molar-refractivity contribution in [2.75, 3.05) is 11.1 Å². The molecule has 0 saturated carbocycles. The van der Waals surface area contributed by atoms with Crippen LogP contribution in [0.1, 0.15) is 5.56 Å². The molecule has 9 heteroatoms. The van der Waals surface area contributed by atoms with Gasteiger partial charge in [0.1, 0.15) is 5.82 Å². The second kappa shape index (κ2) is 7.88. The lowest BCUT2D eigenvalue weighted by Crippen LogP contribution is -2.15. The highest BCUT2D eigenvalue weighted by Gasteiger charge is 2.18. The molecule has 2 heterocycles. The number of nitrogens with one attached hydrogen (secondary N) is 2. The fraction of sp³-hybridized carbons (Fsp3) is 0.100. The van der Waals surface area contributed by atoms with Crippen LogP contribution in [0.5, 0.6) is 0 Å². The zero-order valence-electron chi connectivity index (χ0n) is 15.3. The van der Waals surface area contributed by atoms with E-state index in [4.69, 9.17) is 0 Å². The molecule has 1 amide bonds. The van der Waals surface area contributed by atoms with Crippen LogP contribution < -0.4 is 10.9 Å². The summed E-state index contributed by atoms with van der Waals surface area (Å²) in [4.78, 5) is 35.6. The van der Waals surface area contributed by atoms with Gasteiger partial charge in [0.05, 0.1) is 17.8 Å². The van der Waals surface area contributed by atoms with E-state index in [1.807, 2.05) is 31.2 Å². The lowest BCUT2D eigenvalue weighted by molar-refractivity contribution is -0.113. The summed E-state index contributed by atoms with van der Waals surface area (Å²) in [6.45, 7) is 1.97. The first-order valence-corrected chi connectivity index (χ1v) is 9.72. The van der Waals surface area contributed by atoms with Gasteiger partial charge in [-0.2, -0.15) is 0 Å². The molecule has 0 unspecified atom stereocenters. The summed E-state index contributed by atoms with van der Waals surface area (Å²) in [6.07, 6.45) is 1.32. The number of halogens is 1. The molecule has 2 aromatic carbocycles. The number of thioether (sulfide) groups is 1. The molecule has 4 rings (SSSR count). The quantitative estimate of drug-likeness (QED) is 0.494. The minimum Gasteiger partial charge on any atom is -0.323 e. The van der Waals surface area contributed by atoms with E-state index in [9.17, 15) is 14.0 Å². The molecule has 4 aromatic rings. The maximum Gasteiger partial charge on any atom is 0.278 e. The molecule has 29 heavy (non-hydrogen) atoms. The van der Waals surface area contributed by atoms with Crippen molar-refractivity contribution >= 4 is 34.5 Å². The zero-order chi connectivity index (χ0) is 20.4. The number of H-pyrrole nitrogens is 1. The maximum atomic E-state index is 13.7. The van der Waals surface area contributed by atoms with E-state index in [-0.39, 0.29) is 28.4 Å². The number of amides is 1. The predicted octanol–water partition coefficient (Wildman–Crippen LogP) is 3.29. The first kappa shape index (κ1) is 18.9. The van der Waals surface area contributed by atoms with Gasteiger partial charge in [-0.1, -0.05) is 41.6 Å². The number of para-hydroxylation sites is 1. The van der Waals surface area contributed by atoms with Gasteiger partial charge in [-0.25, -0.2) is 14.4 Å². The van der Waals surface area contributed by atoms with E-state index in [1.54, 1.807) is 16.7 Å². The van der Waals surface area contributed by atoms with E-state index in [0.717, 1.165) is 23.0 Å². The first-order valence-electron chi connectivity index (χ1n) is 8.73. The minimum absolute atomic E-state index is 0.0125. The van der Waals surface area contributed by atoms with Crippen LogP contribution in [0.25, 0.3) is 16.9 Å². The van der Waals surface area contributed by atoms with Crippen molar-refractivity contribution in [1.29, 1.82) is 0 Å². The molecule has 0 saturated heterocycles. The molecule has 0 radical (unpaired) electrons. The lowest BCUT2D eigenvalue weighted by Gasteiger charge is -2.09. The Hall–Kier alpha value is -3.46. The third-order valence-corrected chi connectivity index (χ3v) is 5.13. The zero-order valence-corrected chi connectivity index (χ0v) is 16.2. The Balaban J connectivity index is 1.65. The minimum atomic E-state index is -0.506. The van der Waals surface area contributed by atoms with Crippen LogP contribution in [-0.2, 0) is 4.79 Å². The summed E-state index contributed by atoms with van der Waals surface area (Å²) in [5, 5.41) is 2.98. The molecular weight excluding hydrogens is 393 g/mol. The number of hydrogen-bond acceptors (Lipinski definition) is 5. The number of carbonyl (C=O) groups is 1. The second-order valence-corrected chi connectivity index (χ2v) is 7.23.